The molecule has 2 aromatic rings. The van der Waals surface area contributed by atoms with E-state index in [1.54, 1.807) is 0 Å². The highest BCUT2D eigenvalue weighted by Gasteiger charge is 2.15. The fraction of sp³-hybridized carbons (Fsp3) is 0.357. The minimum absolute atomic E-state index is 0.139. The lowest BCUT2D eigenvalue weighted by atomic mass is 9.86. The number of rotatable bonds is 1. The molecule has 0 aliphatic heterocycles. The van der Waals surface area contributed by atoms with Crippen LogP contribution in [0, 0.1) is 0 Å². The smallest absolute Gasteiger partial charge is 0.152 e. The summed E-state index contributed by atoms with van der Waals surface area (Å²) >= 11 is 0. The zero-order chi connectivity index (χ0) is 11.9. The summed E-state index contributed by atoms with van der Waals surface area (Å²) in [7, 11) is 1.97. The first kappa shape index (κ1) is 10.9. The first-order valence-electron chi connectivity index (χ1n) is 5.48. The molecule has 84 valence electrons. The average molecular weight is 215 g/mol. The molecule has 0 spiro atoms. The van der Waals surface area contributed by atoms with Crippen LogP contribution >= 0.6 is 0 Å². The second-order valence-corrected chi connectivity index (χ2v) is 5.30. The number of benzene rings is 1. The maximum atomic E-state index is 10.9. The molecule has 16 heavy (non-hydrogen) atoms. The number of aldehydes is 1. The average Bonchev–Trinajstić information content (AvgIpc) is 2.54. The molecule has 2 heteroatoms. The van der Waals surface area contributed by atoms with Crippen LogP contribution in [0.25, 0.3) is 10.9 Å². The van der Waals surface area contributed by atoms with E-state index in [2.05, 4.69) is 32.9 Å². The Labute approximate surface area is 95.9 Å². The summed E-state index contributed by atoms with van der Waals surface area (Å²) in [6.07, 6.45) is 2.79. The van der Waals surface area contributed by atoms with Gasteiger partial charge in [-0.3, -0.25) is 4.79 Å². The van der Waals surface area contributed by atoms with Crippen LogP contribution < -0.4 is 0 Å². The molecule has 0 saturated carbocycles. The normalized spacial score (nSPS) is 12.0. The highest BCUT2D eigenvalue weighted by atomic mass is 16.1. The Kier molecular flexibility index (Phi) is 2.38. The summed E-state index contributed by atoms with van der Waals surface area (Å²) in [5.74, 6) is 0. The van der Waals surface area contributed by atoms with Gasteiger partial charge in [-0.2, -0.15) is 0 Å². The van der Waals surface area contributed by atoms with Crippen LogP contribution in [-0.4, -0.2) is 10.9 Å². The van der Waals surface area contributed by atoms with Crippen molar-refractivity contribution in [3.05, 3.63) is 35.5 Å². The van der Waals surface area contributed by atoms with E-state index in [9.17, 15) is 4.79 Å². The van der Waals surface area contributed by atoms with Crippen molar-refractivity contribution in [1.29, 1.82) is 0 Å². The van der Waals surface area contributed by atoms with Gasteiger partial charge in [-0.1, -0.05) is 32.9 Å². The maximum absolute atomic E-state index is 10.9. The summed E-state index contributed by atoms with van der Waals surface area (Å²) in [5, 5.41) is 1.03. The fourth-order valence-electron chi connectivity index (χ4n) is 1.98. The highest BCUT2D eigenvalue weighted by Crippen LogP contribution is 2.27. The second kappa shape index (κ2) is 3.48. The molecule has 0 atom stereocenters. The summed E-state index contributed by atoms with van der Waals surface area (Å²) in [5.41, 5.74) is 3.31. The molecule has 1 aromatic carbocycles. The van der Waals surface area contributed by atoms with E-state index in [1.165, 1.54) is 5.56 Å². The molecule has 0 aliphatic carbocycles. The van der Waals surface area contributed by atoms with Crippen LogP contribution in [0.3, 0.4) is 0 Å². The Balaban J connectivity index is 2.72. The topological polar surface area (TPSA) is 22.0 Å². The number of carbonyl (C=O) groups is 1. The number of hydrogen-bond acceptors (Lipinski definition) is 1. The molecule has 2 rings (SSSR count). The third kappa shape index (κ3) is 1.64. The molecule has 0 amide bonds. The Bertz CT molecular complexity index is 544. The Morgan fingerprint density at radius 3 is 2.50 bits per heavy atom. The Morgan fingerprint density at radius 1 is 1.25 bits per heavy atom. The van der Waals surface area contributed by atoms with Gasteiger partial charge >= 0.3 is 0 Å². The monoisotopic (exact) mass is 215 g/mol. The van der Waals surface area contributed by atoms with Gasteiger partial charge in [0.2, 0.25) is 0 Å². The van der Waals surface area contributed by atoms with E-state index < -0.39 is 0 Å². The quantitative estimate of drug-likeness (QED) is 0.669. The van der Waals surface area contributed by atoms with Crippen LogP contribution in [0.5, 0.6) is 0 Å². The molecule has 0 fully saturated rings. The van der Waals surface area contributed by atoms with Gasteiger partial charge in [-0.15, -0.1) is 0 Å². The number of hydrogen-bond donors (Lipinski definition) is 0. The molecular formula is C14H17NO. The van der Waals surface area contributed by atoms with Crippen LogP contribution in [0.15, 0.2) is 24.4 Å². The predicted molar refractivity (Wildman–Crippen MR) is 67.0 cm³/mol. The minimum Gasteiger partial charge on any atom is -0.350 e. The third-order valence-electron chi connectivity index (χ3n) is 3.01. The lowest BCUT2D eigenvalue weighted by molar-refractivity contribution is 0.112. The third-order valence-corrected chi connectivity index (χ3v) is 3.01. The number of nitrogens with zero attached hydrogens (tertiary/aromatic N) is 1. The van der Waals surface area contributed by atoms with Crippen LogP contribution in [0.4, 0.5) is 0 Å². The van der Waals surface area contributed by atoms with E-state index in [1.807, 2.05) is 23.9 Å². The number of aryl methyl sites for hydroxylation is 1. The van der Waals surface area contributed by atoms with Gasteiger partial charge in [-0.05, 0) is 17.0 Å². The van der Waals surface area contributed by atoms with Crippen molar-refractivity contribution in [1.82, 2.24) is 4.57 Å². The van der Waals surface area contributed by atoms with E-state index >= 15 is 0 Å². The van der Waals surface area contributed by atoms with Gasteiger partial charge in [0.1, 0.15) is 0 Å². The van der Waals surface area contributed by atoms with Gasteiger partial charge in [0, 0.05) is 29.7 Å². The Morgan fingerprint density at radius 2 is 1.94 bits per heavy atom. The minimum atomic E-state index is 0.139. The Hall–Kier alpha value is -1.57. The summed E-state index contributed by atoms with van der Waals surface area (Å²) in [6, 6.07) is 6.32. The van der Waals surface area contributed by atoms with Crippen molar-refractivity contribution in [2.45, 2.75) is 26.2 Å². The molecule has 0 unspecified atom stereocenters. The van der Waals surface area contributed by atoms with Crippen molar-refractivity contribution in [3.63, 3.8) is 0 Å². The number of fused-ring (bicyclic) bond motifs is 1. The zero-order valence-corrected chi connectivity index (χ0v) is 10.2. The number of carbonyl (C=O) groups excluding carboxylic acids is 1. The van der Waals surface area contributed by atoms with Crippen molar-refractivity contribution in [2.75, 3.05) is 0 Å². The van der Waals surface area contributed by atoms with E-state index in [-0.39, 0.29) is 5.41 Å². The van der Waals surface area contributed by atoms with Gasteiger partial charge in [0.15, 0.2) is 6.29 Å². The predicted octanol–water partition coefficient (Wildman–Crippen LogP) is 3.29. The van der Waals surface area contributed by atoms with Gasteiger partial charge in [0.25, 0.3) is 0 Å². The van der Waals surface area contributed by atoms with Crippen LogP contribution in [0.2, 0.25) is 0 Å². The largest absolute Gasteiger partial charge is 0.350 e. The van der Waals surface area contributed by atoms with Crippen molar-refractivity contribution in [2.24, 2.45) is 7.05 Å². The molecule has 0 saturated heterocycles. The summed E-state index contributed by atoms with van der Waals surface area (Å²) in [4.78, 5) is 10.9. The van der Waals surface area contributed by atoms with Crippen molar-refractivity contribution >= 4 is 17.2 Å². The van der Waals surface area contributed by atoms with Crippen molar-refractivity contribution < 1.29 is 4.79 Å². The highest BCUT2D eigenvalue weighted by molar-refractivity contribution is 5.97. The first-order chi connectivity index (χ1) is 7.43. The van der Waals surface area contributed by atoms with E-state index in [0.29, 0.717) is 0 Å². The lowest BCUT2D eigenvalue weighted by Crippen LogP contribution is -2.10. The number of aromatic nitrogens is 1. The maximum Gasteiger partial charge on any atom is 0.152 e. The van der Waals surface area contributed by atoms with Crippen molar-refractivity contribution in [3.8, 4) is 0 Å². The second-order valence-electron chi connectivity index (χ2n) is 5.30. The van der Waals surface area contributed by atoms with Crippen LogP contribution in [0.1, 0.15) is 36.7 Å². The zero-order valence-electron chi connectivity index (χ0n) is 10.2. The standard InChI is InChI=1S/C14H17NO/c1-14(2,3)11-5-6-12-10(9-16)8-15(4)13(12)7-11/h5-9H,1-4H3. The summed E-state index contributed by atoms with van der Waals surface area (Å²) < 4.78 is 2.01. The molecular weight excluding hydrogens is 198 g/mol. The molecule has 0 N–H and O–H groups in total. The van der Waals surface area contributed by atoms with E-state index in [0.717, 1.165) is 22.8 Å². The lowest BCUT2D eigenvalue weighted by Gasteiger charge is -2.19. The molecule has 1 aromatic heterocycles. The SMILES string of the molecule is Cn1cc(C=O)c2ccc(C(C)(C)C)cc21. The van der Waals surface area contributed by atoms with Gasteiger partial charge in [0.05, 0.1) is 0 Å². The molecule has 0 radical (unpaired) electrons. The van der Waals surface area contributed by atoms with E-state index in [4.69, 9.17) is 0 Å². The fourth-order valence-corrected chi connectivity index (χ4v) is 1.98. The molecule has 0 bridgehead atoms. The van der Waals surface area contributed by atoms with Gasteiger partial charge in [-0.25, -0.2) is 0 Å². The summed E-state index contributed by atoms with van der Waals surface area (Å²) in [6.45, 7) is 6.58. The molecule has 0 aliphatic rings. The first-order valence-corrected chi connectivity index (χ1v) is 5.48. The molecule has 2 nitrogen and oxygen atoms in total. The van der Waals surface area contributed by atoms with Gasteiger partial charge < -0.3 is 4.57 Å². The molecule has 1 heterocycles. The van der Waals surface area contributed by atoms with Crippen LogP contribution in [-0.2, 0) is 12.5 Å².